The molecule has 0 spiro atoms. The highest BCUT2D eigenvalue weighted by Gasteiger charge is 2.13. The average Bonchev–Trinajstić information content (AvgIpc) is 2.99. The smallest absolute Gasteiger partial charge is 0.258 e. The molecule has 0 amide bonds. The van der Waals surface area contributed by atoms with Gasteiger partial charge in [-0.1, -0.05) is 11.8 Å². The second-order valence-electron chi connectivity index (χ2n) is 4.02. The molecule has 0 saturated carbocycles. The number of nitrogens with one attached hydrogen (secondary N) is 2. The Balaban J connectivity index is 1.76. The van der Waals surface area contributed by atoms with Crippen molar-refractivity contribution >= 4 is 10.0 Å². The Kier molecular flexibility index (Phi) is 4.92. The van der Waals surface area contributed by atoms with Gasteiger partial charge >= 0.3 is 0 Å². The molecule has 7 nitrogen and oxygen atoms in total. The topological polar surface area (TPSA) is 97.0 Å². The van der Waals surface area contributed by atoms with Crippen LogP contribution >= 0.6 is 0 Å². The van der Waals surface area contributed by atoms with Gasteiger partial charge in [0.05, 0.1) is 25.3 Å². The van der Waals surface area contributed by atoms with E-state index in [0.29, 0.717) is 5.75 Å². The van der Waals surface area contributed by atoms with E-state index in [0.717, 1.165) is 5.69 Å². The van der Waals surface area contributed by atoms with Crippen LogP contribution in [0.5, 0.6) is 5.75 Å². The molecule has 2 heterocycles. The number of hydrogen-bond donors (Lipinski definition) is 2. The summed E-state index contributed by atoms with van der Waals surface area (Å²) in [5.41, 5.74) is 0.904. The van der Waals surface area contributed by atoms with Crippen molar-refractivity contribution in [3.05, 3.63) is 36.5 Å². The number of hydrogen-bond acceptors (Lipinski definition) is 5. The third-order valence-corrected chi connectivity index (χ3v) is 3.76. The predicted molar refractivity (Wildman–Crippen MR) is 76.0 cm³/mol. The Bertz CT molecular complexity index is 728. The van der Waals surface area contributed by atoms with Crippen molar-refractivity contribution in [2.45, 2.75) is 11.9 Å². The number of pyridine rings is 1. The van der Waals surface area contributed by atoms with Crippen molar-refractivity contribution in [3.63, 3.8) is 0 Å². The van der Waals surface area contributed by atoms with Crippen LogP contribution in [0.1, 0.15) is 5.69 Å². The van der Waals surface area contributed by atoms with Crippen molar-refractivity contribution in [2.24, 2.45) is 0 Å². The van der Waals surface area contributed by atoms with Gasteiger partial charge in [-0.25, -0.2) is 13.4 Å². The first-order valence-electron chi connectivity index (χ1n) is 6.07. The van der Waals surface area contributed by atoms with E-state index in [1.807, 2.05) is 13.0 Å². The number of aromatic amines is 1. The number of aryl methyl sites for hydroxylation is 1. The first kappa shape index (κ1) is 15.0. The van der Waals surface area contributed by atoms with Crippen molar-refractivity contribution < 1.29 is 13.2 Å². The second-order valence-corrected chi connectivity index (χ2v) is 5.75. The second kappa shape index (κ2) is 6.88. The van der Waals surface area contributed by atoms with Gasteiger partial charge in [-0.2, -0.15) is 4.72 Å². The molecule has 0 aliphatic heterocycles. The molecule has 0 saturated heterocycles. The van der Waals surface area contributed by atoms with Gasteiger partial charge in [0.2, 0.25) is 0 Å². The summed E-state index contributed by atoms with van der Waals surface area (Å²) in [6, 6.07) is 3.63. The Morgan fingerprint density at radius 2 is 2.19 bits per heavy atom. The van der Waals surface area contributed by atoms with E-state index < -0.39 is 10.0 Å². The number of aromatic nitrogens is 3. The lowest BCUT2D eigenvalue weighted by atomic mass is 10.4. The van der Waals surface area contributed by atoms with E-state index >= 15 is 0 Å². The maximum Gasteiger partial charge on any atom is 0.258 e. The molecule has 21 heavy (non-hydrogen) atoms. The van der Waals surface area contributed by atoms with Crippen LogP contribution < -0.4 is 9.46 Å². The minimum absolute atomic E-state index is 0.00311. The van der Waals surface area contributed by atoms with Crippen LogP contribution in [0.25, 0.3) is 0 Å². The van der Waals surface area contributed by atoms with Crippen LogP contribution in [0.4, 0.5) is 0 Å². The van der Waals surface area contributed by atoms with E-state index in [4.69, 9.17) is 4.74 Å². The predicted octanol–water partition coefficient (Wildman–Crippen LogP) is 0.474. The summed E-state index contributed by atoms with van der Waals surface area (Å²) in [6.45, 7) is 2.04. The summed E-state index contributed by atoms with van der Waals surface area (Å²) in [7, 11) is -3.58. The zero-order valence-corrected chi connectivity index (χ0v) is 12.1. The van der Waals surface area contributed by atoms with Crippen molar-refractivity contribution in [3.8, 4) is 17.6 Å². The monoisotopic (exact) mass is 306 g/mol. The molecule has 0 aliphatic rings. The van der Waals surface area contributed by atoms with Gasteiger partial charge in [-0.3, -0.25) is 4.98 Å². The fourth-order valence-corrected chi connectivity index (χ4v) is 2.20. The van der Waals surface area contributed by atoms with Crippen molar-refractivity contribution in [1.29, 1.82) is 0 Å². The van der Waals surface area contributed by atoms with Gasteiger partial charge in [-0.05, 0) is 19.1 Å². The van der Waals surface area contributed by atoms with Gasteiger partial charge in [0, 0.05) is 5.69 Å². The lowest BCUT2D eigenvalue weighted by Crippen LogP contribution is -2.24. The molecule has 2 aromatic heterocycles. The molecule has 2 aromatic rings. The number of H-pyrrole nitrogens is 1. The molecule has 110 valence electrons. The molecule has 2 N–H and O–H groups in total. The van der Waals surface area contributed by atoms with Crippen molar-refractivity contribution in [2.75, 3.05) is 13.2 Å². The first-order valence-corrected chi connectivity index (χ1v) is 7.55. The van der Waals surface area contributed by atoms with Gasteiger partial charge < -0.3 is 9.72 Å². The van der Waals surface area contributed by atoms with Crippen LogP contribution in [0, 0.1) is 18.8 Å². The number of rotatable bonds is 5. The summed E-state index contributed by atoms with van der Waals surface area (Å²) in [6.07, 6.45) is 4.13. The van der Waals surface area contributed by atoms with Crippen LogP contribution in [0.3, 0.4) is 0 Å². The van der Waals surface area contributed by atoms with Crippen LogP contribution in [-0.2, 0) is 10.0 Å². The average molecular weight is 306 g/mol. The number of ether oxygens (including phenoxy) is 1. The summed E-state index contributed by atoms with van der Waals surface area (Å²) >= 11 is 0. The third-order valence-electron chi connectivity index (χ3n) is 2.43. The van der Waals surface area contributed by atoms with Crippen LogP contribution in [0.15, 0.2) is 35.9 Å². The number of imidazole rings is 1. The highest BCUT2D eigenvalue weighted by Crippen LogP contribution is 2.07. The molecule has 0 fully saturated rings. The minimum Gasteiger partial charge on any atom is -0.479 e. The number of nitrogens with zero attached hydrogens (tertiary/aromatic N) is 2. The Morgan fingerprint density at radius 1 is 1.33 bits per heavy atom. The third kappa shape index (κ3) is 4.59. The van der Waals surface area contributed by atoms with E-state index in [9.17, 15) is 8.42 Å². The van der Waals surface area contributed by atoms with E-state index in [-0.39, 0.29) is 18.2 Å². The highest BCUT2D eigenvalue weighted by atomic mass is 32.2. The molecule has 2 rings (SSSR count). The standard InChI is InChI=1S/C13H14N4O3S/c1-11-4-5-12(8-15-11)20-7-3-2-6-17-21(18,19)13-9-14-10-16-13/h4-5,8-10,17H,6-7H2,1H3,(H,14,16). The maximum atomic E-state index is 11.7. The normalized spacial score (nSPS) is 10.7. The van der Waals surface area contributed by atoms with E-state index in [2.05, 4.69) is 31.5 Å². The molecule has 0 unspecified atom stereocenters. The van der Waals surface area contributed by atoms with Crippen LogP contribution in [0.2, 0.25) is 0 Å². The molecular weight excluding hydrogens is 292 g/mol. The van der Waals surface area contributed by atoms with Gasteiger partial charge in [0.25, 0.3) is 10.0 Å². The Hall–Kier alpha value is -2.37. The van der Waals surface area contributed by atoms with Gasteiger partial charge in [-0.15, -0.1) is 0 Å². The molecule has 8 heteroatoms. The minimum atomic E-state index is -3.58. The quantitative estimate of drug-likeness (QED) is 0.783. The molecule has 0 radical (unpaired) electrons. The molecule has 0 bridgehead atoms. The van der Waals surface area contributed by atoms with Crippen LogP contribution in [-0.4, -0.2) is 36.5 Å². The lowest BCUT2D eigenvalue weighted by molar-refractivity contribution is 0.368. The summed E-state index contributed by atoms with van der Waals surface area (Å²) in [5, 5.41) is 0.00581. The molecule has 0 aromatic carbocycles. The van der Waals surface area contributed by atoms with E-state index in [1.165, 1.54) is 12.5 Å². The summed E-state index contributed by atoms with van der Waals surface area (Å²) in [5.74, 6) is 6.00. The fourth-order valence-electron chi connectivity index (χ4n) is 1.37. The largest absolute Gasteiger partial charge is 0.479 e. The zero-order valence-electron chi connectivity index (χ0n) is 11.3. The highest BCUT2D eigenvalue weighted by molar-refractivity contribution is 7.89. The van der Waals surface area contributed by atoms with Gasteiger partial charge in [0.15, 0.2) is 5.03 Å². The SMILES string of the molecule is Cc1ccc(OCC#CCNS(=O)(=O)c2cnc[nH]2)cn1. The fraction of sp³-hybridized carbons (Fsp3) is 0.231. The summed E-state index contributed by atoms with van der Waals surface area (Å²) < 4.78 is 31.0. The summed E-state index contributed by atoms with van der Waals surface area (Å²) in [4.78, 5) is 10.2. The zero-order chi connectivity index (χ0) is 15.1. The lowest BCUT2D eigenvalue weighted by Gasteiger charge is -2.01. The Morgan fingerprint density at radius 3 is 2.86 bits per heavy atom. The van der Waals surface area contributed by atoms with E-state index in [1.54, 1.807) is 12.3 Å². The first-order chi connectivity index (χ1) is 10.1. The molecule has 0 aliphatic carbocycles. The Labute approximate surface area is 122 Å². The van der Waals surface area contributed by atoms with Crippen molar-refractivity contribution in [1.82, 2.24) is 19.7 Å². The molecular formula is C13H14N4O3S. The maximum absolute atomic E-state index is 11.7. The molecule has 0 atom stereocenters. The number of sulfonamides is 1. The van der Waals surface area contributed by atoms with Gasteiger partial charge in [0.1, 0.15) is 12.4 Å².